The van der Waals surface area contributed by atoms with E-state index in [1.807, 2.05) is 18.2 Å². The summed E-state index contributed by atoms with van der Waals surface area (Å²) in [5, 5.41) is 4.15. The van der Waals surface area contributed by atoms with E-state index in [0.29, 0.717) is 25.6 Å². The molecule has 0 spiro atoms. The van der Waals surface area contributed by atoms with Gasteiger partial charge in [-0.1, -0.05) is 24.6 Å². The van der Waals surface area contributed by atoms with Crippen molar-refractivity contribution in [2.45, 2.75) is 38.3 Å². The van der Waals surface area contributed by atoms with Gasteiger partial charge in [0.1, 0.15) is 11.3 Å². The molecule has 1 aromatic heterocycles. The summed E-state index contributed by atoms with van der Waals surface area (Å²) in [5.74, 6) is 1.04. The van der Waals surface area contributed by atoms with Crippen molar-refractivity contribution < 1.29 is 9.21 Å². The van der Waals surface area contributed by atoms with E-state index in [1.165, 1.54) is 12.8 Å². The highest BCUT2D eigenvalue weighted by molar-refractivity contribution is 5.77. The molecule has 23 heavy (non-hydrogen) atoms. The Morgan fingerprint density at radius 1 is 1.35 bits per heavy atom. The molecule has 1 amide bonds. The summed E-state index contributed by atoms with van der Waals surface area (Å²) < 4.78 is 5.94. The van der Waals surface area contributed by atoms with Crippen LogP contribution in [0.2, 0.25) is 0 Å². The fraction of sp³-hybridized carbons (Fsp3) is 0.500. The van der Waals surface area contributed by atoms with Crippen molar-refractivity contribution in [3.8, 4) is 0 Å². The SMILES string of the molecule is NCCC(=O)NCC1CCCCN1Cc1cc2ccccc2o1. The minimum absolute atomic E-state index is 0.0433. The van der Waals surface area contributed by atoms with Crippen LogP contribution in [0.4, 0.5) is 0 Å². The number of fused-ring (bicyclic) bond motifs is 1. The van der Waals surface area contributed by atoms with Crippen molar-refractivity contribution in [3.63, 3.8) is 0 Å². The van der Waals surface area contributed by atoms with E-state index in [0.717, 1.165) is 36.2 Å². The molecule has 124 valence electrons. The van der Waals surface area contributed by atoms with Crippen molar-refractivity contribution in [3.05, 3.63) is 36.1 Å². The Kier molecular flexibility index (Phi) is 5.31. The molecule has 3 rings (SSSR count). The van der Waals surface area contributed by atoms with Gasteiger partial charge in [0.25, 0.3) is 0 Å². The zero-order valence-corrected chi connectivity index (χ0v) is 13.5. The number of amides is 1. The van der Waals surface area contributed by atoms with Crippen LogP contribution < -0.4 is 11.1 Å². The Morgan fingerprint density at radius 3 is 3.04 bits per heavy atom. The van der Waals surface area contributed by atoms with Crippen molar-refractivity contribution in [1.82, 2.24) is 10.2 Å². The zero-order chi connectivity index (χ0) is 16.1. The molecule has 3 N–H and O–H groups in total. The van der Waals surface area contributed by atoms with Crippen molar-refractivity contribution in [2.75, 3.05) is 19.6 Å². The summed E-state index contributed by atoms with van der Waals surface area (Å²) in [4.78, 5) is 14.1. The smallest absolute Gasteiger partial charge is 0.221 e. The Labute approximate surface area is 136 Å². The first kappa shape index (κ1) is 16.0. The largest absolute Gasteiger partial charge is 0.460 e. The fourth-order valence-electron chi connectivity index (χ4n) is 3.27. The summed E-state index contributed by atoms with van der Waals surface area (Å²) in [7, 11) is 0. The summed E-state index contributed by atoms with van der Waals surface area (Å²) in [5.41, 5.74) is 6.36. The molecule has 0 aliphatic carbocycles. The molecule has 5 nitrogen and oxygen atoms in total. The maximum atomic E-state index is 11.6. The summed E-state index contributed by atoms with van der Waals surface area (Å²) in [6.07, 6.45) is 3.93. The lowest BCUT2D eigenvalue weighted by molar-refractivity contribution is -0.121. The molecule has 1 saturated heterocycles. The topological polar surface area (TPSA) is 71.5 Å². The molecule has 0 radical (unpaired) electrons. The number of piperidine rings is 1. The van der Waals surface area contributed by atoms with E-state index in [1.54, 1.807) is 0 Å². The van der Waals surface area contributed by atoms with Crippen molar-refractivity contribution in [2.24, 2.45) is 5.73 Å². The number of hydrogen-bond donors (Lipinski definition) is 2. The lowest BCUT2D eigenvalue weighted by Gasteiger charge is -2.35. The Bertz CT molecular complexity index is 620. The summed E-state index contributed by atoms with van der Waals surface area (Å²) in [6, 6.07) is 10.6. The maximum absolute atomic E-state index is 11.6. The van der Waals surface area contributed by atoms with Crippen LogP contribution in [-0.2, 0) is 11.3 Å². The average Bonchev–Trinajstić information content (AvgIpc) is 2.96. The van der Waals surface area contributed by atoms with E-state index >= 15 is 0 Å². The molecule has 0 saturated carbocycles. The van der Waals surface area contributed by atoms with E-state index in [-0.39, 0.29) is 5.91 Å². The number of rotatable bonds is 6. The van der Waals surface area contributed by atoms with Gasteiger partial charge in [-0.05, 0) is 31.5 Å². The molecule has 1 aliphatic heterocycles. The lowest BCUT2D eigenvalue weighted by atomic mass is 10.0. The van der Waals surface area contributed by atoms with Crippen LogP contribution in [0.5, 0.6) is 0 Å². The maximum Gasteiger partial charge on any atom is 0.221 e. The zero-order valence-electron chi connectivity index (χ0n) is 13.5. The average molecular weight is 315 g/mol. The second-order valence-corrected chi connectivity index (χ2v) is 6.21. The van der Waals surface area contributed by atoms with Crippen LogP contribution in [0, 0.1) is 0 Å². The third-order valence-electron chi connectivity index (χ3n) is 4.49. The number of furan rings is 1. The van der Waals surface area contributed by atoms with Gasteiger partial charge in [-0.15, -0.1) is 0 Å². The molecule has 0 bridgehead atoms. The first-order chi connectivity index (χ1) is 11.3. The molecular formula is C18H25N3O2. The van der Waals surface area contributed by atoms with Gasteiger partial charge >= 0.3 is 0 Å². The Hall–Kier alpha value is -1.85. The predicted octanol–water partition coefficient (Wildman–Crippen LogP) is 2.25. The molecular weight excluding hydrogens is 290 g/mol. The van der Waals surface area contributed by atoms with Crippen LogP contribution in [0.25, 0.3) is 11.0 Å². The number of carbonyl (C=O) groups excluding carboxylic acids is 1. The second kappa shape index (κ2) is 7.62. The highest BCUT2D eigenvalue weighted by Crippen LogP contribution is 2.23. The molecule has 2 heterocycles. The Balaban J connectivity index is 1.62. The van der Waals surface area contributed by atoms with Crippen LogP contribution in [0.1, 0.15) is 31.4 Å². The standard InChI is InChI=1S/C18H25N3O2/c19-9-8-18(22)20-12-15-6-3-4-10-21(15)13-16-11-14-5-1-2-7-17(14)23-16/h1-2,5,7,11,15H,3-4,6,8-10,12-13,19H2,(H,20,22). The van der Waals surface area contributed by atoms with Gasteiger partial charge in [0.2, 0.25) is 5.91 Å². The minimum Gasteiger partial charge on any atom is -0.460 e. The highest BCUT2D eigenvalue weighted by atomic mass is 16.3. The first-order valence-electron chi connectivity index (χ1n) is 8.44. The van der Waals surface area contributed by atoms with Gasteiger partial charge in [-0.3, -0.25) is 9.69 Å². The highest BCUT2D eigenvalue weighted by Gasteiger charge is 2.23. The van der Waals surface area contributed by atoms with Crippen molar-refractivity contribution >= 4 is 16.9 Å². The fourth-order valence-corrected chi connectivity index (χ4v) is 3.27. The lowest BCUT2D eigenvalue weighted by Crippen LogP contribution is -2.46. The van der Waals surface area contributed by atoms with Crippen LogP contribution in [0.3, 0.4) is 0 Å². The van der Waals surface area contributed by atoms with E-state index in [4.69, 9.17) is 10.2 Å². The quantitative estimate of drug-likeness (QED) is 0.857. The summed E-state index contributed by atoms with van der Waals surface area (Å²) >= 11 is 0. The minimum atomic E-state index is 0.0433. The second-order valence-electron chi connectivity index (χ2n) is 6.21. The first-order valence-corrected chi connectivity index (χ1v) is 8.44. The number of nitrogens with one attached hydrogen (secondary N) is 1. The van der Waals surface area contributed by atoms with Crippen LogP contribution in [0.15, 0.2) is 34.7 Å². The number of likely N-dealkylation sites (tertiary alicyclic amines) is 1. The molecule has 1 atom stereocenters. The van der Waals surface area contributed by atoms with E-state index in [9.17, 15) is 4.79 Å². The van der Waals surface area contributed by atoms with Gasteiger partial charge < -0.3 is 15.5 Å². The number of benzene rings is 1. The molecule has 1 fully saturated rings. The number of nitrogens with zero attached hydrogens (tertiary/aromatic N) is 1. The van der Waals surface area contributed by atoms with Gasteiger partial charge in [0, 0.05) is 30.9 Å². The van der Waals surface area contributed by atoms with E-state index in [2.05, 4.69) is 22.3 Å². The number of hydrogen-bond acceptors (Lipinski definition) is 4. The third-order valence-corrected chi connectivity index (χ3v) is 4.49. The van der Waals surface area contributed by atoms with Gasteiger partial charge in [-0.2, -0.15) is 0 Å². The Morgan fingerprint density at radius 2 is 2.22 bits per heavy atom. The normalized spacial score (nSPS) is 19.1. The van der Waals surface area contributed by atoms with Crippen molar-refractivity contribution in [1.29, 1.82) is 0 Å². The van der Waals surface area contributed by atoms with Gasteiger partial charge in [0.05, 0.1) is 6.54 Å². The molecule has 2 aromatic rings. The van der Waals surface area contributed by atoms with E-state index < -0.39 is 0 Å². The molecule has 1 unspecified atom stereocenters. The molecule has 5 heteroatoms. The van der Waals surface area contributed by atoms with Gasteiger partial charge in [0.15, 0.2) is 0 Å². The number of carbonyl (C=O) groups is 1. The third kappa shape index (κ3) is 4.12. The number of nitrogens with two attached hydrogens (primary N) is 1. The number of para-hydroxylation sites is 1. The monoisotopic (exact) mass is 315 g/mol. The molecule has 1 aliphatic rings. The predicted molar refractivity (Wildman–Crippen MR) is 90.9 cm³/mol. The van der Waals surface area contributed by atoms with Crippen LogP contribution in [-0.4, -0.2) is 36.5 Å². The van der Waals surface area contributed by atoms with Gasteiger partial charge in [-0.25, -0.2) is 0 Å². The van der Waals surface area contributed by atoms with Crippen LogP contribution >= 0.6 is 0 Å². The summed E-state index contributed by atoms with van der Waals surface area (Å²) in [6.45, 7) is 2.94. The molecule has 1 aromatic carbocycles.